The summed E-state index contributed by atoms with van der Waals surface area (Å²) in [7, 11) is 0. The molecule has 11 rings (SSSR count). The molecular formula is C64H51N3. The first-order valence-corrected chi connectivity index (χ1v) is 23.2. The Balaban J connectivity index is 1.15. The lowest BCUT2D eigenvalue weighted by Crippen LogP contribution is -2.18. The zero-order valence-corrected chi connectivity index (χ0v) is 38.1. The fraction of sp³-hybridized carbons (Fsp3) is 0.0625. The highest BCUT2D eigenvalue weighted by Gasteiger charge is 2.37. The number of hydrogen-bond acceptors (Lipinski definition) is 3. The van der Waals surface area contributed by atoms with E-state index < -0.39 is 0 Å². The van der Waals surface area contributed by atoms with Gasteiger partial charge >= 0.3 is 0 Å². The molecule has 0 heterocycles. The summed E-state index contributed by atoms with van der Waals surface area (Å²) in [5.74, 6) is 0. The van der Waals surface area contributed by atoms with Gasteiger partial charge in [-0.3, -0.25) is 0 Å². The molecule has 0 saturated heterocycles. The van der Waals surface area contributed by atoms with E-state index in [4.69, 9.17) is 0 Å². The maximum atomic E-state index is 2.45. The highest BCUT2D eigenvalue weighted by molar-refractivity contribution is 5.92. The zero-order valence-electron chi connectivity index (χ0n) is 38.1. The van der Waals surface area contributed by atoms with Crippen molar-refractivity contribution in [2.24, 2.45) is 0 Å². The van der Waals surface area contributed by atoms with Crippen LogP contribution in [0.2, 0.25) is 0 Å². The summed E-state index contributed by atoms with van der Waals surface area (Å²) in [5.41, 5.74) is 20.8. The smallest absolute Gasteiger partial charge is 0.0503 e. The maximum Gasteiger partial charge on any atom is 0.0503 e. The molecule has 3 nitrogen and oxygen atoms in total. The van der Waals surface area contributed by atoms with E-state index in [2.05, 4.69) is 290 Å². The molecule has 0 radical (unpaired) electrons. The second-order valence-corrected chi connectivity index (χ2v) is 17.9. The Morgan fingerprint density at radius 2 is 0.642 bits per heavy atom. The highest BCUT2D eigenvalue weighted by atomic mass is 15.2. The van der Waals surface area contributed by atoms with Gasteiger partial charge in [-0.15, -0.1) is 0 Å². The van der Waals surface area contributed by atoms with Crippen molar-refractivity contribution < 1.29 is 0 Å². The first-order valence-electron chi connectivity index (χ1n) is 23.2. The van der Waals surface area contributed by atoms with Crippen LogP contribution in [0.25, 0.3) is 33.4 Å². The highest BCUT2D eigenvalue weighted by Crippen LogP contribution is 2.53. The molecule has 10 aromatic carbocycles. The summed E-state index contributed by atoms with van der Waals surface area (Å²) in [5, 5.41) is 0. The third-order valence-electron chi connectivity index (χ3n) is 13.3. The Labute approximate surface area is 395 Å². The van der Waals surface area contributed by atoms with Crippen LogP contribution in [-0.2, 0) is 5.41 Å². The molecule has 0 aliphatic heterocycles. The average molecular weight is 862 g/mol. The van der Waals surface area contributed by atoms with Gasteiger partial charge in [0.2, 0.25) is 0 Å². The van der Waals surface area contributed by atoms with Gasteiger partial charge in [-0.1, -0.05) is 172 Å². The number of rotatable bonds is 11. The van der Waals surface area contributed by atoms with Gasteiger partial charge in [-0.2, -0.15) is 0 Å². The lowest BCUT2D eigenvalue weighted by Gasteiger charge is -2.33. The molecule has 0 N–H and O–H groups in total. The third-order valence-corrected chi connectivity index (χ3v) is 13.3. The molecule has 1 aliphatic carbocycles. The summed E-state index contributed by atoms with van der Waals surface area (Å²) >= 11 is 0. The predicted octanol–water partition coefficient (Wildman–Crippen LogP) is 18.0. The van der Waals surface area contributed by atoms with Crippen molar-refractivity contribution >= 4 is 51.2 Å². The number of para-hydroxylation sites is 4. The van der Waals surface area contributed by atoms with E-state index in [1.54, 1.807) is 0 Å². The average Bonchev–Trinajstić information content (AvgIpc) is 3.62. The number of benzene rings is 10. The molecule has 0 atom stereocenters. The van der Waals surface area contributed by atoms with Gasteiger partial charge < -0.3 is 14.7 Å². The molecule has 0 aromatic heterocycles. The Morgan fingerprint density at radius 3 is 1.12 bits per heavy atom. The topological polar surface area (TPSA) is 9.72 Å². The van der Waals surface area contributed by atoms with Crippen molar-refractivity contribution in [2.45, 2.75) is 26.2 Å². The first-order chi connectivity index (χ1) is 32.9. The number of fused-ring (bicyclic) bond motifs is 3. The van der Waals surface area contributed by atoms with Crippen LogP contribution >= 0.6 is 0 Å². The van der Waals surface area contributed by atoms with E-state index in [0.717, 1.165) is 56.7 Å². The van der Waals surface area contributed by atoms with Gasteiger partial charge in [0.1, 0.15) is 0 Å². The monoisotopic (exact) mass is 861 g/mol. The lowest BCUT2D eigenvalue weighted by atomic mass is 9.82. The van der Waals surface area contributed by atoms with Crippen LogP contribution in [0.4, 0.5) is 51.2 Å². The fourth-order valence-electron chi connectivity index (χ4n) is 10.0. The van der Waals surface area contributed by atoms with Gasteiger partial charge in [0.05, 0.1) is 17.1 Å². The third kappa shape index (κ3) is 7.85. The van der Waals surface area contributed by atoms with Crippen molar-refractivity contribution in [3.05, 3.63) is 271 Å². The predicted molar refractivity (Wildman–Crippen MR) is 284 cm³/mol. The summed E-state index contributed by atoms with van der Waals surface area (Å²) in [4.78, 5) is 7.19. The zero-order chi connectivity index (χ0) is 45.3. The fourth-order valence-corrected chi connectivity index (χ4v) is 10.0. The Hall–Kier alpha value is -8.40. The van der Waals surface area contributed by atoms with Crippen molar-refractivity contribution in [3.63, 3.8) is 0 Å². The van der Waals surface area contributed by atoms with Crippen LogP contribution in [0.5, 0.6) is 0 Å². The van der Waals surface area contributed by atoms with E-state index in [9.17, 15) is 0 Å². The molecular weight excluding hydrogens is 811 g/mol. The maximum absolute atomic E-state index is 2.45. The second kappa shape index (κ2) is 17.5. The van der Waals surface area contributed by atoms with Crippen molar-refractivity contribution in [1.82, 2.24) is 0 Å². The van der Waals surface area contributed by atoms with E-state index in [1.807, 2.05) is 0 Å². The van der Waals surface area contributed by atoms with Crippen molar-refractivity contribution in [3.8, 4) is 33.4 Å². The summed E-state index contributed by atoms with van der Waals surface area (Å²) in [6, 6.07) is 92.3. The Kier molecular flexibility index (Phi) is 10.8. The number of hydrogen-bond donors (Lipinski definition) is 0. The molecule has 3 heteroatoms. The van der Waals surface area contributed by atoms with Gasteiger partial charge in [0, 0.05) is 39.5 Å². The standard InChI is InChI=1S/C64H51N3/c1-46-21-19-34-61-63(46)60-40-39-56(45-62(60)64(61,2)3)67(55-37-35-48(36-38-55)50-25-20-24-49(41-50)47-22-9-4-10-23-47)59-43-57(65(51-26-11-5-12-27-51)52-28-13-6-14-29-52)42-58(44-59)66(53-30-15-7-16-31-53)54-32-17-8-18-33-54/h4-45H,1-3H3. The number of aryl methyl sites for hydroxylation is 1. The quantitative estimate of drug-likeness (QED) is 0.128. The van der Waals surface area contributed by atoms with Gasteiger partial charge in [-0.05, 0) is 154 Å². The van der Waals surface area contributed by atoms with Crippen molar-refractivity contribution in [1.29, 1.82) is 0 Å². The minimum atomic E-state index is -0.187. The van der Waals surface area contributed by atoms with Crippen LogP contribution in [0.3, 0.4) is 0 Å². The lowest BCUT2D eigenvalue weighted by molar-refractivity contribution is 0.660. The normalized spacial score (nSPS) is 12.2. The van der Waals surface area contributed by atoms with E-state index in [-0.39, 0.29) is 5.41 Å². The molecule has 0 bridgehead atoms. The van der Waals surface area contributed by atoms with Crippen LogP contribution in [0.15, 0.2) is 255 Å². The van der Waals surface area contributed by atoms with Crippen LogP contribution in [0, 0.1) is 6.92 Å². The molecule has 0 fully saturated rings. The Bertz CT molecular complexity index is 3130. The van der Waals surface area contributed by atoms with Crippen LogP contribution < -0.4 is 14.7 Å². The number of nitrogens with zero attached hydrogens (tertiary/aromatic N) is 3. The first kappa shape index (κ1) is 41.3. The van der Waals surface area contributed by atoms with Gasteiger partial charge in [0.15, 0.2) is 0 Å². The van der Waals surface area contributed by atoms with Crippen LogP contribution in [0.1, 0.15) is 30.5 Å². The molecule has 0 saturated carbocycles. The Morgan fingerprint density at radius 1 is 0.269 bits per heavy atom. The SMILES string of the molecule is Cc1cccc2c1-c1ccc(N(c3ccc(-c4cccc(-c5ccccc5)c4)cc3)c3cc(N(c4ccccc4)c4ccccc4)cc(N(c4ccccc4)c4ccccc4)c3)cc1C2(C)C. The van der Waals surface area contributed by atoms with Crippen molar-refractivity contribution in [2.75, 3.05) is 14.7 Å². The molecule has 10 aromatic rings. The molecule has 0 amide bonds. The van der Waals surface area contributed by atoms with E-state index in [1.165, 1.54) is 44.5 Å². The minimum absolute atomic E-state index is 0.187. The van der Waals surface area contributed by atoms with Gasteiger partial charge in [-0.25, -0.2) is 0 Å². The summed E-state index contributed by atoms with van der Waals surface area (Å²) < 4.78 is 0. The molecule has 322 valence electrons. The van der Waals surface area contributed by atoms with Gasteiger partial charge in [0.25, 0.3) is 0 Å². The molecule has 0 unspecified atom stereocenters. The summed E-state index contributed by atoms with van der Waals surface area (Å²) in [6.45, 7) is 6.99. The summed E-state index contributed by atoms with van der Waals surface area (Å²) in [6.07, 6.45) is 0. The molecule has 0 spiro atoms. The van der Waals surface area contributed by atoms with Crippen LogP contribution in [-0.4, -0.2) is 0 Å². The molecule has 67 heavy (non-hydrogen) atoms. The second-order valence-electron chi connectivity index (χ2n) is 17.9. The molecule has 1 aliphatic rings. The van der Waals surface area contributed by atoms with E-state index in [0.29, 0.717) is 0 Å². The number of anilines is 9. The van der Waals surface area contributed by atoms with E-state index >= 15 is 0 Å². The minimum Gasteiger partial charge on any atom is -0.310 e. The largest absolute Gasteiger partial charge is 0.310 e.